The van der Waals surface area contributed by atoms with Crippen molar-refractivity contribution in [1.29, 1.82) is 0 Å². The Bertz CT molecular complexity index is 607. The molecule has 2 aromatic rings. The third kappa shape index (κ3) is 2.09. The van der Waals surface area contributed by atoms with Crippen LogP contribution in [0.25, 0.3) is 10.3 Å². The molecule has 0 aliphatic rings. The molecule has 0 aromatic carbocycles. The molecule has 18 heavy (non-hydrogen) atoms. The highest BCUT2D eigenvalue weighted by Crippen LogP contribution is 2.32. The Balaban J connectivity index is 2.77. The third-order valence-corrected chi connectivity index (χ3v) is 3.61. The molecular formula is C12H14N2O3S. The summed E-state index contributed by atoms with van der Waals surface area (Å²) in [5.41, 5.74) is 0.888. The normalized spacial score (nSPS) is 13.2. The molecule has 2 heterocycles. The fraction of sp³-hybridized carbons (Fsp3) is 0.417. The van der Waals surface area contributed by atoms with Gasteiger partial charge in [0, 0.05) is 11.8 Å². The highest BCUT2D eigenvalue weighted by molar-refractivity contribution is 7.18. The molecule has 0 aliphatic carbocycles. The number of aliphatic hydroxyl groups is 1. The van der Waals surface area contributed by atoms with E-state index in [4.69, 9.17) is 0 Å². The topological polar surface area (TPSA) is 83.3 Å². The Kier molecular flexibility index (Phi) is 3.32. The Hall–Kier alpha value is -1.53. The maximum absolute atomic E-state index is 11.2. The number of fused-ring (bicyclic) bond motifs is 1. The average Bonchev–Trinajstić information content (AvgIpc) is 2.66. The molecule has 0 bridgehead atoms. The van der Waals surface area contributed by atoms with Gasteiger partial charge in [-0.15, -0.1) is 0 Å². The first-order chi connectivity index (χ1) is 8.41. The predicted molar refractivity (Wildman–Crippen MR) is 68.9 cm³/mol. The van der Waals surface area contributed by atoms with Crippen LogP contribution in [0.1, 0.15) is 40.9 Å². The average molecular weight is 266 g/mol. The monoisotopic (exact) mass is 266 g/mol. The molecule has 0 saturated heterocycles. The van der Waals surface area contributed by atoms with Crippen molar-refractivity contribution in [3.05, 3.63) is 22.3 Å². The summed E-state index contributed by atoms with van der Waals surface area (Å²) in [6.45, 7) is 5.50. The number of carbonyl (C=O) groups is 1. The standard InChI is InChI=1S/C12H14N2O3S/c1-5(2)10(15)8-7(12(16)17)4-13-11-9(8)14-6(3)18-11/h4-5,10,15H,1-3H3,(H,16,17). The van der Waals surface area contributed by atoms with Gasteiger partial charge in [0.2, 0.25) is 0 Å². The zero-order chi connectivity index (χ0) is 13.4. The Morgan fingerprint density at radius 2 is 2.11 bits per heavy atom. The maximum Gasteiger partial charge on any atom is 0.337 e. The van der Waals surface area contributed by atoms with Crippen LogP contribution in [0.15, 0.2) is 6.20 Å². The van der Waals surface area contributed by atoms with Gasteiger partial charge in [0.05, 0.1) is 16.7 Å². The molecule has 1 atom stereocenters. The molecule has 5 nitrogen and oxygen atoms in total. The molecule has 1 unspecified atom stereocenters. The van der Waals surface area contributed by atoms with E-state index < -0.39 is 12.1 Å². The number of pyridine rings is 1. The molecule has 0 saturated carbocycles. The summed E-state index contributed by atoms with van der Waals surface area (Å²) < 4.78 is 0. The lowest BCUT2D eigenvalue weighted by molar-refractivity contribution is 0.0683. The van der Waals surface area contributed by atoms with Crippen LogP contribution in [0.4, 0.5) is 0 Å². The van der Waals surface area contributed by atoms with Crippen molar-refractivity contribution < 1.29 is 15.0 Å². The van der Waals surface area contributed by atoms with Crippen LogP contribution in [0.5, 0.6) is 0 Å². The quantitative estimate of drug-likeness (QED) is 0.891. The summed E-state index contributed by atoms with van der Waals surface area (Å²) in [5.74, 6) is -1.18. The predicted octanol–water partition coefficient (Wildman–Crippen LogP) is 2.39. The van der Waals surface area contributed by atoms with Crippen molar-refractivity contribution in [3.8, 4) is 0 Å². The van der Waals surface area contributed by atoms with Crippen LogP contribution in [-0.2, 0) is 0 Å². The number of carboxylic acids is 1. The highest BCUT2D eigenvalue weighted by atomic mass is 32.1. The van der Waals surface area contributed by atoms with E-state index >= 15 is 0 Å². The van der Waals surface area contributed by atoms with Gasteiger partial charge in [-0.25, -0.2) is 14.8 Å². The van der Waals surface area contributed by atoms with E-state index in [1.165, 1.54) is 17.5 Å². The highest BCUT2D eigenvalue weighted by Gasteiger charge is 2.25. The molecular weight excluding hydrogens is 252 g/mol. The van der Waals surface area contributed by atoms with Crippen LogP contribution in [0.2, 0.25) is 0 Å². The van der Waals surface area contributed by atoms with E-state index in [0.29, 0.717) is 15.9 Å². The molecule has 0 fully saturated rings. The van der Waals surface area contributed by atoms with Crippen molar-refractivity contribution in [2.75, 3.05) is 0 Å². The van der Waals surface area contributed by atoms with Gasteiger partial charge in [-0.3, -0.25) is 0 Å². The number of hydrogen-bond acceptors (Lipinski definition) is 5. The molecule has 2 rings (SSSR count). The smallest absolute Gasteiger partial charge is 0.337 e. The fourth-order valence-electron chi connectivity index (χ4n) is 1.80. The summed E-state index contributed by atoms with van der Waals surface area (Å²) in [5, 5.41) is 20.2. The van der Waals surface area contributed by atoms with Crippen LogP contribution in [0.3, 0.4) is 0 Å². The minimum Gasteiger partial charge on any atom is -0.478 e. The van der Waals surface area contributed by atoms with Gasteiger partial charge >= 0.3 is 5.97 Å². The van der Waals surface area contributed by atoms with Gasteiger partial charge in [-0.2, -0.15) is 0 Å². The second kappa shape index (κ2) is 4.62. The van der Waals surface area contributed by atoms with E-state index in [1.807, 2.05) is 20.8 Å². The minimum absolute atomic E-state index is 0.0222. The lowest BCUT2D eigenvalue weighted by atomic mass is 9.95. The second-order valence-corrected chi connectivity index (χ2v) is 5.65. The van der Waals surface area contributed by atoms with Crippen molar-refractivity contribution in [3.63, 3.8) is 0 Å². The van der Waals surface area contributed by atoms with Crippen LogP contribution in [-0.4, -0.2) is 26.2 Å². The Labute approximate surface area is 108 Å². The van der Waals surface area contributed by atoms with Crippen molar-refractivity contribution in [2.45, 2.75) is 26.9 Å². The molecule has 0 spiro atoms. The maximum atomic E-state index is 11.2. The van der Waals surface area contributed by atoms with Gasteiger partial charge in [0.15, 0.2) is 0 Å². The minimum atomic E-state index is -1.09. The number of aryl methyl sites for hydroxylation is 1. The number of aromatic carboxylic acids is 1. The van der Waals surface area contributed by atoms with Crippen molar-refractivity contribution in [1.82, 2.24) is 9.97 Å². The van der Waals surface area contributed by atoms with Crippen molar-refractivity contribution in [2.24, 2.45) is 5.92 Å². The number of aromatic nitrogens is 2. The van der Waals surface area contributed by atoms with E-state index in [0.717, 1.165) is 5.01 Å². The summed E-state index contributed by atoms with van der Waals surface area (Å²) in [6, 6.07) is 0. The van der Waals surface area contributed by atoms with E-state index in [1.54, 1.807) is 0 Å². The number of hydrogen-bond donors (Lipinski definition) is 2. The zero-order valence-corrected chi connectivity index (χ0v) is 11.2. The fourth-order valence-corrected chi connectivity index (χ4v) is 2.58. The first-order valence-electron chi connectivity index (χ1n) is 5.59. The van der Waals surface area contributed by atoms with Crippen LogP contribution in [0, 0.1) is 12.8 Å². The first kappa shape index (κ1) is 12.9. The van der Waals surface area contributed by atoms with Crippen LogP contribution < -0.4 is 0 Å². The number of thiazole rings is 1. The first-order valence-corrected chi connectivity index (χ1v) is 6.41. The molecule has 2 aromatic heterocycles. The van der Waals surface area contributed by atoms with E-state index in [2.05, 4.69) is 9.97 Å². The van der Waals surface area contributed by atoms with Crippen LogP contribution >= 0.6 is 11.3 Å². The molecule has 0 amide bonds. The zero-order valence-electron chi connectivity index (χ0n) is 10.3. The SMILES string of the molecule is Cc1nc2c(C(O)C(C)C)c(C(=O)O)cnc2s1. The van der Waals surface area contributed by atoms with Gasteiger partial charge in [-0.05, 0) is 12.8 Å². The second-order valence-electron chi connectivity index (χ2n) is 4.47. The number of rotatable bonds is 3. The lowest BCUT2D eigenvalue weighted by Crippen LogP contribution is -2.13. The number of nitrogens with zero attached hydrogens (tertiary/aromatic N) is 2. The van der Waals surface area contributed by atoms with Gasteiger partial charge in [0.25, 0.3) is 0 Å². The summed E-state index contributed by atoms with van der Waals surface area (Å²) in [6.07, 6.45) is 0.437. The molecule has 6 heteroatoms. The molecule has 96 valence electrons. The Morgan fingerprint density at radius 3 is 2.67 bits per heavy atom. The summed E-state index contributed by atoms with van der Waals surface area (Å²) >= 11 is 1.39. The molecule has 2 N–H and O–H groups in total. The Morgan fingerprint density at radius 1 is 1.44 bits per heavy atom. The third-order valence-electron chi connectivity index (χ3n) is 2.73. The number of carboxylic acid groups (broad SMARTS) is 1. The van der Waals surface area contributed by atoms with Gasteiger partial charge in [-0.1, -0.05) is 25.2 Å². The number of aliphatic hydroxyl groups excluding tert-OH is 1. The summed E-state index contributed by atoms with van der Waals surface area (Å²) in [7, 11) is 0. The van der Waals surface area contributed by atoms with Gasteiger partial charge in [0.1, 0.15) is 10.3 Å². The summed E-state index contributed by atoms with van der Waals surface area (Å²) in [4.78, 5) is 20.3. The molecule has 0 radical (unpaired) electrons. The molecule has 0 aliphatic heterocycles. The lowest BCUT2D eigenvalue weighted by Gasteiger charge is -2.17. The largest absolute Gasteiger partial charge is 0.478 e. The van der Waals surface area contributed by atoms with Gasteiger partial charge < -0.3 is 10.2 Å². The van der Waals surface area contributed by atoms with Crippen molar-refractivity contribution >= 4 is 27.7 Å². The van der Waals surface area contributed by atoms with E-state index in [-0.39, 0.29) is 11.5 Å². The van der Waals surface area contributed by atoms with E-state index in [9.17, 15) is 15.0 Å².